The number of carbonyl (C=O) groups is 1. The first kappa shape index (κ1) is 12.8. The molecule has 1 atom stereocenters. The number of thioether (sulfide) groups is 1. The predicted molar refractivity (Wildman–Crippen MR) is 58.8 cm³/mol. The first-order chi connectivity index (χ1) is 6.00. The molecule has 0 rings (SSSR count). The van der Waals surface area contributed by atoms with Gasteiger partial charge in [-0.05, 0) is 12.2 Å². The van der Waals surface area contributed by atoms with Crippen LogP contribution in [0.25, 0.3) is 0 Å². The van der Waals surface area contributed by atoms with Gasteiger partial charge in [0.1, 0.15) is 0 Å². The number of hydrogen-bond donors (Lipinski definition) is 1. The molecule has 3 nitrogen and oxygen atoms in total. The van der Waals surface area contributed by atoms with Crippen molar-refractivity contribution in [3.63, 3.8) is 0 Å². The lowest BCUT2D eigenvalue weighted by atomic mass is 10.0. The number of likely N-dealkylation sites (N-methyl/N-ethyl adjacent to an activating group) is 1. The van der Waals surface area contributed by atoms with Gasteiger partial charge in [0.2, 0.25) is 5.91 Å². The predicted octanol–water partition coefficient (Wildman–Crippen LogP) is 0.791. The van der Waals surface area contributed by atoms with Crippen LogP contribution in [0.5, 0.6) is 0 Å². The maximum Gasteiger partial charge on any atom is 0.239 e. The minimum atomic E-state index is -0.355. The van der Waals surface area contributed by atoms with E-state index in [1.54, 1.807) is 23.7 Å². The summed E-state index contributed by atoms with van der Waals surface area (Å²) in [6.45, 7) is 4.70. The molecule has 1 amide bonds. The van der Waals surface area contributed by atoms with Crippen molar-refractivity contribution in [1.29, 1.82) is 0 Å². The summed E-state index contributed by atoms with van der Waals surface area (Å²) in [5.41, 5.74) is 5.73. The summed E-state index contributed by atoms with van der Waals surface area (Å²) in [6, 6.07) is -0.355. The molecular weight excluding hydrogens is 184 g/mol. The number of amides is 1. The van der Waals surface area contributed by atoms with Crippen molar-refractivity contribution < 1.29 is 4.79 Å². The Morgan fingerprint density at radius 1 is 1.54 bits per heavy atom. The number of nitrogens with two attached hydrogens (primary N) is 1. The molecule has 0 heterocycles. The largest absolute Gasteiger partial charge is 0.344 e. The van der Waals surface area contributed by atoms with Gasteiger partial charge in [-0.2, -0.15) is 11.8 Å². The van der Waals surface area contributed by atoms with E-state index < -0.39 is 0 Å². The van der Waals surface area contributed by atoms with Gasteiger partial charge in [0.25, 0.3) is 0 Å². The van der Waals surface area contributed by atoms with Gasteiger partial charge in [-0.3, -0.25) is 4.79 Å². The molecule has 0 aromatic carbocycles. The highest BCUT2D eigenvalue weighted by Crippen LogP contribution is 2.03. The van der Waals surface area contributed by atoms with Crippen LogP contribution in [0.4, 0.5) is 0 Å². The molecule has 0 aromatic heterocycles. The van der Waals surface area contributed by atoms with E-state index in [4.69, 9.17) is 5.73 Å². The van der Waals surface area contributed by atoms with Crippen molar-refractivity contribution in [2.24, 2.45) is 11.7 Å². The molecule has 4 heteroatoms. The Morgan fingerprint density at radius 3 is 2.46 bits per heavy atom. The monoisotopic (exact) mass is 204 g/mol. The molecule has 2 N–H and O–H groups in total. The molecule has 13 heavy (non-hydrogen) atoms. The molecule has 0 spiro atoms. The van der Waals surface area contributed by atoms with Crippen molar-refractivity contribution in [2.75, 3.05) is 25.6 Å². The van der Waals surface area contributed by atoms with E-state index in [1.165, 1.54) is 0 Å². The van der Waals surface area contributed by atoms with Crippen LogP contribution in [-0.4, -0.2) is 42.4 Å². The van der Waals surface area contributed by atoms with Crippen LogP contribution in [0.3, 0.4) is 0 Å². The summed E-state index contributed by atoms with van der Waals surface area (Å²) in [4.78, 5) is 13.3. The van der Waals surface area contributed by atoms with E-state index in [9.17, 15) is 4.79 Å². The first-order valence-corrected chi connectivity index (χ1v) is 5.89. The Bertz CT molecular complexity index is 162. The summed E-state index contributed by atoms with van der Waals surface area (Å²) in [5, 5.41) is 0. The average Bonchev–Trinajstić information content (AvgIpc) is 2.11. The van der Waals surface area contributed by atoms with Gasteiger partial charge in [0.15, 0.2) is 0 Å². The highest BCUT2D eigenvalue weighted by atomic mass is 32.2. The third kappa shape index (κ3) is 4.52. The normalized spacial score (nSPS) is 13.1. The Hall–Kier alpha value is -0.220. The lowest BCUT2D eigenvalue weighted by Gasteiger charge is -2.22. The van der Waals surface area contributed by atoms with Gasteiger partial charge >= 0.3 is 0 Å². The molecule has 0 fully saturated rings. The minimum Gasteiger partial charge on any atom is -0.344 e. The summed E-state index contributed by atoms with van der Waals surface area (Å²) < 4.78 is 0. The second kappa shape index (κ2) is 6.27. The smallest absolute Gasteiger partial charge is 0.239 e. The zero-order valence-electron chi connectivity index (χ0n) is 8.91. The third-order valence-corrected chi connectivity index (χ3v) is 2.60. The second-order valence-electron chi connectivity index (χ2n) is 3.52. The molecule has 0 saturated carbocycles. The van der Waals surface area contributed by atoms with E-state index >= 15 is 0 Å². The average molecular weight is 204 g/mol. The minimum absolute atomic E-state index is 0.0454. The Labute approximate surface area is 85.0 Å². The van der Waals surface area contributed by atoms with Crippen LogP contribution < -0.4 is 5.73 Å². The van der Waals surface area contributed by atoms with Gasteiger partial charge in [-0.25, -0.2) is 0 Å². The fraction of sp³-hybridized carbons (Fsp3) is 0.889. The van der Waals surface area contributed by atoms with Gasteiger partial charge in [0, 0.05) is 19.3 Å². The topological polar surface area (TPSA) is 46.3 Å². The molecule has 0 aliphatic carbocycles. The van der Waals surface area contributed by atoms with Gasteiger partial charge in [0.05, 0.1) is 6.04 Å². The van der Waals surface area contributed by atoms with E-state index in [0.717, 1.165) is 12.3 Å². The standard InChI is InChI=1S/C9H20N2OS/c1-7(2)8(10)9(12)11(3)5-6-13-4/h7-8H,5-6,10H2,1-4H3/t8-/m0/s1. The zero-order chi connectivity index (χ0) is 10.4. The van der Waals surface area contributed by atoms with E-state index in [1.807, 2.05) is 20.1 Å². The Kier molecular flexibility index (Phi) is 6.16. The van der Waals surface area contributed by atoms with E-state index in [2.05, 4.69) is 0 Å². The summed E-state index contributed by atoms with van der Waals surface area (Å²) in [6.07, 6.45) is 2.03. The SMILES string of the molecule is CSCCN(C)C(=O)[C@@H](N)C(C)C. The van der Waals surface area contributed by atoms with Crippen molar-refractivity contribution in [2.45, 2.75) is 19.9 Å². The number of hydrogen-bond acceptors (Lipinski definition) is 3. The maximum absolute atomic E-state index is 11.6. The molecule has 78 valence electrons. The number of carbonyl (C=O) groups excluding carboxylic acids is 1. The van der Waals surface area contributed by atoms with Crippen molar-refractivity contribution >= 4 is 17.7 Å². The zero-order valence-corrected chi connectivity index (χ0v) is 9.73. The first-order valence-electron chi connectivity index (χ1n) is 4.50. The van der Waals surface area contributed by atoms with Gasteiger partial charge < -0.3 is 10.6 Å². The van der Waals surface area contributed by atoms with Crippen LogP contribution in [0, 0.1) is 5.92 Å². The van der Waals surface area contributed by atoms with Crippen LogP contribution in [-0.2, 0) is 4.79 Å². The van der Waals surface area contributed by atoms with E-state index in [-0.39, 0.29) is 17.9 Å². The molecule has 0 aromatic rings. The fourth-order valence-corrected chi connectivity index (χ4v) is 1.33. The quantitative estimate of drug-likeness (QED) is 0.720. The van der Waals surface area contributed by atoms with Crippen LogP contribution in [0.1, 0.15) is 13.8 Å². The summed E-state index contributed by atoms with van der Waals surface area (Å²) >= 11 is 1.73. The Morgan fingerprint density at radius 2 is 2.08 bits per heavy atom. The maximum atomic E-state index is 11.6. The molecule has 0 aliphatic heterocycles. The van der Waals surface area contributed by atoms with Crippen LogP contribution in [0.2, 0.25) is 0 Å². The summed E-state index contributed by atoms with van der Waals surface area (Å²) in [5.74, 6) is 1.22. The molecule has 0 aliphatic rings. The van der Waals surface area contributed by atoms with Crippen LogP contribution in [0.15, 0.2) is 0 Å². The highest BCUT2D eigenvalue weighted by Gasteiger charge is 2.20. The van der Waals surface area contributed by atoms with Gasteiger partial charge in [-0.15, -0.1) is 0 Å². The van der Waals surface area contributed by atoms with Gasteiger partial charge in [-0.1, -0.05) is 13.8 Å². The number of nitrogens with zero attached hydrogens (tertiary/aromatic N) is 1. The highest BCUT2D eigenvalue weighted by molar-refractivity contribution is 7.98. The van der Waals surface area contributed by atoms with E-state index in [0.29, 0.717) is 0 Å². The van der Waals surface area contributed by atoms with Crippen molar-refractivity contribution in [1.82, 2.24) is 4.90 Å². The molecule has 0 bridgehead atoms. The second-order valence-corrected chi connectivity index (χ2v) is 4.51. The lowest BCUT2D eigenvalue weighted by molar-refractivity contribution is -0.131. The molecule has 0 unspecified atom stereocenters. The fourth-order valence-electron chi connectivity index (χ4n) is 0.878. The van der Waals surface area contributed by atoms with Crippen molar-refractivity contribution in [3.8, 4) is 0 Å². The van der Waals surface area contributed by atoms with Crippen molar-refractivity contribution in [3.05, 3.63) is 0 Å². The third-order valence-electron chi connectivity index (χ3n) is 2.01. The number of rotatable bonds is 5. The molecule has 0 saturated heterocycles. The molecule has 0 radical (unpaired) electrons. The Balaban J connectivity index is 3.94. The van der Waals surface area contributed by atoms with Crippen LogP contribution >= 0.6 is 11.8 Å². The summed E-state index contributed by atoms with van der Waals surface area (Å²) in [7, 11) is 1.81. The molecular formula is C9H20N2OS. The lowest BCUT2D eigenvalue weighted by Crippen LogP contribution is -2.45.